The van der Waals surface area contributed by atoms with Crippen molar-refractivity contribution in [1.29, 1.82) is 0 Å². The van der Waals surface area contributed by atoms with E-state index in [1.54, 1.807) is 0 Å². The zero-order chi connectivity index (χ0) is 15.6. The lowest BCUT2D eigenvalue weighted by molar-refractivity contribution is 0.0373. The smallest absolute Gasteiger partial charge is 0.119 e. The van der Waals surface area contributed by atoms with Gasteiger partial charge in [-0.15, -0.1) is 0 Å². The van der Waals surface area contributed by atoms with Crippen LogP contribution >= 0.6 is 0 Å². The Labute approximate surface area is 133 Å². The molecule has 0 aliphatic carbocycles. The molecule has 0 radical (unpaired) electrons. The van der Waals surface area contributed by atoms with Gasteiger partial charge in [-0.05, 0) is 38.6 Å². The molecule has 1 heterocycles. The van der Waals surface area contributed by atoms with Crippen LogP contribution in [0.5, 0.6) is 5.75 Å². The van der Waals surface area contributed by atoms with Crippen LogP contribution in [0.3, 0.4) is 0 Å². The Bertz CT molecular complexity index is 405. The van der Waals surface area contributed by atoms with Crippen molar-refractivity contribution < 1.29 is 14.6 Å². The van der Waals surface area contributed by atoms with Gasteiger partial charge in [0.15, 0.2) is 0 Å². The predicted molar refractivity (Wildman–Crippen MR) is 87.4 cm³/mol. The third-order valence-electron chi connectivity index (χ3n) is 3.77. The third-order valence-corrected chi connectivity index (χ3v) is 3.77. The molecular weight excluding hydrogens is 280 g/mol. The Kier molecular flexibility index (Phi) is 7.66. The van der Waals surface area contributed by atoms with Crippen molar-refractivity contribution >= 4 is 0 Å². The van der Waals surface area contributed by atoms with Crippen molar-refractivity contribution in [2.75, 3.05) is 52.5 Å². The lowest BCUT2D eigenvalue weighted by atomic mass is 10.2. The average Bonchev–Trinajstić information content (AvgIpc) is 2.55. The van der Waals surface area contributed by atoms with Gasteiger partial charge in [0, 0.05) is 19.6 Å². The first-order valence-corrected chi connectivity index (χ1v) is 8.12. The Morgan fingerprint density at radius 3 is 2.73 bits per heavy atom. The molecule has 1 saturated heterocycles. The molecule has 1 aliphatic rings. The molecule has 2 rings (SSSR count). The number of aliphatic hydroxyl groups excluding tert-OH is 1. The number of hydrogen-bond donors (Lipinski definition) is 2. The second kappa shape index (κ2) is 9.79. The van der Waals surface area contributed by atoms with Gasteiger partial charge in [-0.3, -0.25) is 4.90 Å². The summed E-state index contributed by atoms with van der Waals surface area (Å²) in [5.41, 5.74) is 1.20. The molecule has 22 heavy (non-hydrogen) atoms. The zero-order valence-corrected chi connectivity index (χ0v) is 13.5. The Hall–Kier alpha value is -1.14. The molecule has 0 spiro atoms. The van der Waals surface area contributed by atoms with E-state index in [0.29, 0.717) is 13.2 Å². The highest BCUT2D eigenvalue weighted by atomic mass is 16.5. The minimum Gasteiger partial charge on any atom is -0.491 e. The van der Waals surface area contributed by atoms with Crippen molar-refractivity contribution in [3.63, 3.8) is 0 Å². The van der Waals surface area contributed by atoms with Crippen LogP contribution in [-0.2, 0) is 4.74 Å². The van der Waals surface area contributed by atoms with E-state index in [0.717, 1.165) is 51.6 Å². The number of hydrogen-bond acceptors (Lipinski definition) is 5. The summed E-state index contributed by atoms with van der Waals surface area (Å²) < 4.78 is 10.9. The molecule has 5 heteroatoms. The highest BCUT2D eigenvalue weighted by Crippen LogP contribution is 2.11. The van der Waals surface area contributed by atoms with Crippen molar-refractivity contribution in [2.45, 2.75) is 19.4 Å². The first kappa shape index (κ1) is 17.2. The molecule has 0 bridgehead atoms. The van der Waals surface area contributed by atoms with Gasteiger partial charge in [-0.2, -0.15) is 0 Å². The van der Waals surface area contributed by atoms with Crippen molar-refractivity contribution in [3.8, 4) is 5.75 Å². The van der Waals surface area contributed by atoms with E-state index in [9.17, 15) is 5.11 Å². The summed E-state index contributed by atoms with van der Waals surface area (Å²) in [6.45, 7) is 8.70. The van der Waals surface area contributed by atoms with Crippen LogP contribution in [0.1, 0.15) is 12.0 Å². The van der Waals surface area contributed by atoms with Gasteiger partial charge in [0.2, 0.25) is 0 Å². The number of nitrogens with one attached hydrogen (secondary N) is 1. The van der Waals surface area contributed by atoms with Gasteiger partial charge in [0.05, 0.1) is 13.2 Å². The topological polar surface area (TPSA) is 54.0 Å². The fourth-order valence-electron chi connectivity index (χ4n) is 2.41. The summed E-state index contributed by atoms with van der Waals surface area (Å²) in [6.07, 6.45) is 0.607. The first-order valence-electron chi connectivity index (χ1n) is 8.12. The molecule has 0 amide bonds. The summed E-state index contributed by atoms with van der Waals surface area (Å²) in [7, 11) is 0. The van der Waals surface area contributed by atoms with E-state index in [2.05, 4.69) is 10.2 Å². The van der Waals surface area contributed by atoms with Crippen molar-refractivity contribution in [1.82, 2.24) is 10.2 Å². The highest BCUT2D eigenvalue weighted by molar-refractivity contribution is 5.26. The third kappa shape index (κ3) is 6.75. The predicted octanol–water partition coefficient (Wildman–Crippen LogP) is 1.05. The average molecular weight is 308 g/mol. The lowest BCUT2D eigenvalue weighted by Crippen LogP contribution is -2.38. The Morgan fingerprint density at radius 2 is 2.00 bits per heavy atom. The van der Waals surface area contributed by atoms with Crippen LogP contribution in [0, 0.1) is 6.92 Å². The van der Waals surface area contributed by atoms with Gasteiger partial charge < -0.3 is 19.9 Å². The van der Waals surface area contributed by atoms with E-state index in [1.807, 2.05) is 31.2 Å². The number of morpholine rings is 1. The van der Waals surface area contributed by atoms with E-state index < -0.39 is 6.10 Å². The zero-order valence-electron chi connectivity index (χ0n) is 13.5. The number of nitrogens with zero attached hydrogens (tertiary/aromatic N) is 1. The number of ether oxygens (including phenoxy) is 2. The van der Waals surface area contributed by atoms with Crippen LogP contribution < -0.4 is 10.1 Å². The molecule has 5 nitrogen and oxygen atoms in total. The highest BCUT2D eigenvalue weighted by Gasteiger charge is 2.09. The maximum absolute atomic E-state index is 9.90. The standard InChI is InChI=1S/C17H28N2O3/c1-15-3-5-17(6-4-15)22-14-16(20)13-18-7-2-8-19-9-11-21-12-10-19/h3-6,16,18,20H,2,7-14H2,1H3. The quantitative estimate of drug-likeness (QED) is 0.668. The number of aryl methyl sites for hydroxylation is 1. The second-order valence-corrected chi connectivity index (χ2v) is 5.79. The molecule has 0 aromatic heterocycles. The minimum atomic E-state index is -0.482. The molecule has 1 atom stereocenters. The van der Waals surface area contributed by atoms with Gasteiger partial charge >= 0.3 is 0 Å². The van der Waals surface area contributed by atoms with Crippen LogP contribution in [-0.4, -0.2) is 68.7 Å². The maximum Gasteiger partial charge on any atom is 0.119 e. The Morgan fingerprint density at radius 1 is 1.27 bits per heavy atom. The molecule has 1 unspecified atom stereocenters. The molecule has 1 aromatic carbocycles. The van der Waals surface area contributed by atoms with Crippen LogP contribution in [0.4, 0.5) is 0 Å². The minimum absolute atomic E-state index is 0.319. The monoisotopic (exact) mass is 308 g/mol. The summed E-state index contributed by atoms with van der Waals surface area (Å²) in [5, 5.41) is 13.2. The Balaban J connectivity index is 1.48. The molecule has 1 aromatic rings. The maximum atomic E-state index is 9.90. The van der Waals surface area contributed by atoms with E-state index in [1.165, 1.54) is 5.56 Å². The largest absolute Gasteiger partial charge is 0.491 e. The van der Waals surface area contributed by atoms with E-state index >= 15 is 0 Å². The molecule has 124 valence electrons. The number of benzene rings is 1. The van der Waals surface area contributed by atoms with Gasteiger partial charge in [-0.1, -0.05) is 17.7 Å². The fourth-order valence-corrected chi connectivity index (χ4v) is 2.41. The van der Waals surface area contributed by atoms with Gasteiger partial charge in [0.1, 0.15) is 18.5 Å². The normalized spacial score (nSPS) is 17.4. The van der Waals surface area contributed by atoms with Crippen molar-refractivity contribution in [3.05, 3.63) is 29.8 Å². The summed E-state index contributed by atoms with van der Waals surface area (Å²) in [4.78, 5) is 2.42. The summed E-state index contributed by atoms with van der Waals surface area (Å²) in [5.74, 6) is 0.803. The van der Waals surface area contributed by atoms with Crippen molar-refractivity contribution in [2.24, 2.45) is 0 Å². The summed E-state index contributed by atoms with van der Waals surface area (Å²) >= 11 is 0. The van der Waals surface area contributed by atoms with E-state index in [-0.39, 0.29) is 0 Å². The molecular formula is C17H28N2O3. The second-order valence-electron chi connectivity index (χ2n) is 5.79. The number of aliphatic hydroxyl groups is 1. The summed E-state index contributed by atoms with van der Waals surface area (Å²) in [6, 6.07) is 7.87. The molecule has 1 aliphatic heterocycles. The van der Waals surface area contributed by atoms with Crippen LogP contribution in [0.2, 0.25) is 0 Å². The SMILES string of the molecule is Cc1ccc(OCC(O)CNCCCN2CCOCC2)cc1. The van der Waals surface area contributed by atoms with Crippen LogP contribution in [0.25, 0.3) is 0 Å². The lowest BCUT2D eigenvalue weighted by Gasteiger charge is -2.26. The fraction of sp³-hybridized carbons (Fsp3) is 0.647. The van der Waals surface area contributed by atoms with Gasteiger partial charge in [0.25, 0.3) is 0 Å². The molecule has 1 fully saturated rings. The molecule has 2 N–H and O–H groups in total. The molecule has 0 saturated carbocycles. The number of rotatable bonds is 9. The van der Waals surface area contributed by atoms with Gasteiger partial charge in [-0.25, -0.2) is 0 Å². The van der Waals surface area contributed by atoms with Crippen LogP contribution in [0.15, 0.2) is 24.3 Å². The van der Waals surface area contributed by atoms with E-state index in [4.69, 9.17) is 9.47 Å². The first-order chi connectivity index (χ1) is 10.7.